The minimum absolute atomic E-state index is 0.118. The van der Waals surface area contributed by atoms with E-state index in [2.05, 4.69) is 10.6 Å². The number of carbonyl (C=O) groups is 2. The van der Waals surface area contributed by atoms with Gasteiger partial charge in [-0.3, -0.25) is 9.59 Å². The van der Waals surface area contributed by atoms with Gasteiger partial charge in [-0.2, -0.15) is 0 Å². The number of benzene rings is 4. The number of aromatic hydroxyl groups is 2. The number of nitrogens with one attached hydrogen (secondary N) is 2. The molecule has 0 unspecified atom stereocenters. The molecule has 4 aromatic rings. The topological polar surface area (TPSA) is 151 Å². The molecule has 0 aliphatic rings. The highest BCUT2D eigenvalue weighted by atomic mass is 16.3. The van der Waals surface area contributed by atoms with Gasteiger partial charge < -0.3 is 32.3 Å². The lowest BCUT2D eigenvalue weighted by Gasteiger charge is -2.19. The molecular weight excluding hydrogens is 432 g/mol. The van der Waals surface area contributed by atoms with E-state index in [1.807, 2.05) is 6.07 Å². The van der Waals surface area contributed by atoms with Gasteiger partial charge in [0.2, 0.25) is 0 Å². The van der Waals surface area contributed by atoms with E-state index in [9.17, 15) is 19.8 Å². The van der Waals surface area contributed by atoms with Crippen LogP contribution in [0, 0.1) is 0 Å². The van der Waals surface area contributed by atoms with Crippen molar-refractivity contribution in [1.29, 1.82) is 0 Å². The third kappa shape index (κ3) is 4.61. The molecule has 0 atom stereocenters. The van der Waals surface area contributed by atoms with Gasteiger partial charge in [0, 0.05) is 28.1 Å². The molecule has 0 heterocycles. The number of anilines is 4. The Morgan fingerprint density at radius 1 is 0.647 bits per heavy atom. The third-order valence-electron chi connectivity index (χ3n) is 5.19. The van der Waals surface area contributed by atoms with Gasteiger partial charge in [-0.1, -0.05) is 30.3 Å². The van der Waals surface area contributed by atoms with E-state index in [0.717, 1.165) is 0 Å². The van der Waals surface area contributed by atoms with Gasteiger partial charge in [0.15, 0.2) is 11.5 Å². The van der Waals surface area contributed by atoms with Gasteiger partial charge in [-0.05, 0) is 60.2 Å². The van der Waals surface area contributed by atoms with Crippen LogP contribution >= 0.6 is 0 Å². The van der Waals surface area contributed by atoms with Crippen LogP contribution in [0.1, 0.15) is 20.7 Å². The minimum Gasteiger partial charge on any atom is -0.504 e. The summed E-state index contributed by atoms with van der Waals surface area (Å²) in [6, 6.07) is 22.7. The Kier molecular flexibility index (Phi) is 6.05. The first kappa shape index (κ1) is 22.2. The molecule has 0 aliphatic heterocycles. The second kappa shape index (κ2) is 9.25. The highest BCUT2D eigenvalue weighted by molar-refractivity contribution is 6.14. The summed E-state index contributed by atoms with van der Waals surface area (Å²) in [5.41, 5.74) is 14.0. The third-order valence-corrected chi connectivity index (χ3v) is 5.19. The van der Waals surface area contributed by atoms with Crippen LogP contribution in [0.25, 0.3) is 11.1 Å². The molecule has 0 fully saturated rings. The van der Waals surface area contributed by atoms with Gasteiger partial charge in [-0.25, -0.2) is 0 Å². The molecule has 4 aromatic carbocycles. The van der Waals surface area contributed by atoms with Crippen LogP contribution in [0.4, 0.5) is 22.7 Å². The second-order valence-electron chi connectivity index (χ2n) is 7.56. The van der Waals surface area contributed by atoms with Crippen molar-refractivity contribution in [2.75, 3.05) is 22.1 Å². The van der Waals surface area contributed by atoms with Crippen molar-refractivity contribution in [2.45, 2.75) is 0 Å². The molecule has 0 radical (unpaired) electrons. The molecule has 8 heteroatoms. The van der Waals surface area contributed by atoms with Crippen LogP contribution in [0.2, 0.25) is 0 Å². The Labute approximate surface area is 195 Å². The second-order valence-corrected chi connectivity index (χ2v) is 7.56. The van der Waals surface area contributed by atoms with Crippen molar-refractivity contribution in [3.8, 4) is 22.6 Å². The Morgan fingerprint density at radius 2 is 1.12 bits per heavy atom. The van der Waals surface area contributed by atoms with Crippen LogP contribution < -0.4 is 22.1 Å². The maximum absolute atomic E-state index is 13.0. The van der Waals surface area contributed by atoms with Crippen molar-refractivity contribution in [3.63, 3.8) is 0 Å². The van der Waals surface area contributed by atoms with Crippen molar-refractivity contribution in [1.82, 2.24) is 0 Å². The first-order valence-electron chi connectivity index (χ1n) is 10.3. The zero-order chi connectivity index (χ0) is 24.2. The summed E-state index contributed by atoms with van der Waals surface area (Å²) in [5, 5.41) is 26.4. The van der Waals surface area contributed by atoms with E-state index in [0.29, 0.717) is 28.1 Å². The fraction of sp³-hybridized carbons (Fsp3) is 0. The Morgan fingerprint density at radius 3 is 1.62 bits per heavy atom. The quantitative estimate of drug-likeness (QED) is 0.149. The SMILES string of the molecule is Nc1ccc(C(=O)Nc2c(-c3ccccc3)cc(O)c(O)c2NC(=O)c2ccc(N)cc2)cc1. The Hall–Kier alpha value is -4.98. The van der Waals surface area contributed by atoms with E-state index in [4.69, 9.17) is 11.5 Å². The smallest absolute Gasteiger partial charge is 0.255 e. The molecule has 0 aliphatic carbocycles. The lowest BCUT2D eigenvalue weighted by atomic mass is 10.0. The fourth-order valence-corrected chi connectivity index (χ4v) is 3.40. The average Bonchev–Trinajstić information content (AvgIpc) is 2.84. The lowest BCUT2D eigenvalue weighted by Crippen LogP contribution is -2.18. The molecule has 0 saturated heterocycles. The van der Waals surface area contributed by atoms with Crippen molar-refractivity contribution in [3.05, 3.63) is 96.1 Å². The molecule has 0 aromatic heterocycles. The number of hydrogen-bond acceptors (Lipinski definition) is 6. The van der Waals surface area contributed by atoms with E-state index in [1.165, 1.54) is 18.2 Å². The molecule has 8 nitrogen and oxygen atoms in total. The number of amides is 2. The fourth-order valence-electron chi connectivity index (χ4n) is 3.40. The van der Waals surface area contributed by atoms with Gasteiger partial charge in [-0.15, -0.1) is 0 Å². The summed E-state index contributed by atoms with van der Waals surface area (Å²) in [6.07, 6.45) is 0. The number of carbonyl (C=O) groups excluding carboxylic acids is 2. The minimum atomic E-state index is -0.587. The Bertz CT molecular complexity index is 1350. The van der Waals surface area contributed by atoms with Crippen molar-refractivity contribution >= 4 is 34.6 Å². The summed E-state index contributed by atoms with van der Waals surface area (Å²) < 4.78 is 0. The molecule has 4 rings (SSSR count). The van der Waals surface area contributed by atoms with E-state index >= 15 is 0 Å². The lowest BCUT2D eigenvalue weighted by molar-refractivity contribution is 0.101. The van der Waals surface area contributed by atoms with Gasteiger partial charge >= 0.3 is 0 Å². The maximum Gasteiger partial charge on any atom is 0.255 e. The molecule has 8 N–H and O–H groups in total. The number of nitrogen functional groups attached to an aromatic ring is 2. The number of phenolic OH excluding ortho intramolecular Hbond substituents is 2. The normalized spacial score (nSPS) is 10.5. The largest absolute Gasteiger partial charge is 0.504 e. The van der Waals surface area contributed by atoms with Crippen LogP contribution in [0.15, 0.2) is 84.9 Å². The molecule has 0 bridgehead atoms. The van der Waals surface area contributed by atoms with Crippen LogP contribution in [0.3, 0.4) is 0 Å². The molecule has 0 saturated carbocycles. The zero-order valence-electron chi connectivity index (χ0n) is 17.9. The highest BCUT2D eigenvalue weighted by Gasteiger charge is 2.23. The molecule has 2 amide bonds. The molecule has 0 spiro atoms. The van der Waals surface area contributed by atoms with E-state index in [-0.39, 0.29) is 16.9 Å². The predicted octanol–water partition coefficient (Wildman–Crippen LogP) is 4.43. The van der Waals surface area contributed by atoms with Crippen LogP contribution in [-0.4, -0.2) is 22.0 Å². The molecule has 34 heavy (non-hydrogen) atoms. The Balaban J connectivity index is 1.82. The maximum atomic E-state index is 13.0. The summed E-state index contributed by atoms with van der Waals surface area (Å²) in [4.78, 5) is 25.9. The van der Waals surface area contributed by atoms with E-state index in [1.54, 1.807) is 60.7 Å². The van der Waals surface area contributed by atoms with Gasteiger partial charge in [0.25, 0.3) is 11.8 Å². The molecule has 170 valence electrons. The van der Waals surface area contributed by atoms with Gasteiger partial charge in [0.1, 0.15) is 5.69 Å². The number of phenols is 2. The van der Waals surface area contributed by atoms with Crippen molar-refractivity contribution < 1.29 is 19.8 Å². The number of nitrogens with two attached hydrogens (primary N) is 2. The zero-order valence-corrected chi connectivity index (χ0v) is 17.9. The monoisotopic (exact) mass is 454 g/mol. The molecular formula is C26H22N4O4. The van der Waals surface area contributed by atoms with Crippen molar-refractivity contribution in [2.24, 2.45) is 0 Å². The standard InChI is InChI=1S/C26H22N4O4/c27-18-10-6-16(7-11-18)25(33)29-22-20(15-4-2-1-3-5-15)14-21(31)24(32)23(22)30-26(34)17-8-12-19(28)13-9-17/h1-14,31-32H,27-28H2,(H,29,33)(H,30,34). The summed E-state index contributed by atoms with van der Waals surface area (Å²) in [7, 11) is 0. The first-order valence-corrected chi connectivity index (χ1v) is 10.3. The van der Waals surface area contributed by atoms with Crippen LogP contribution in [-0.2, 0) is 0 Å². The van der Waals surface area contributed by atoms with Crippen LogP contribution in [0.5, 0.6) is 11.5 Å². The van der Waals surface area contributed by atoms with Gasteiger partial charge in [0.05, 0.1) is 5.69 Å². The summed E-state index contributed by atoms with van der Waals surface area (Å²) >= 11 is 0. The number of hydrogen-bond donors (Lipinski definition) is 6. The average molecular weight is 454 g/mol. The summed E-state index contributed by atoms with van der Waals surface area (Å²) in [6.45, 7) is 0. The van der Waals surface area contributed by atoms with E-state index < -0.39 is 23.3 Å². The predicted molar refractivity (Wildman–Crippen MR) is 133 cm³/mol. The highest BCUT2D eigenvalue weighted by Crippen LogP contribution is 2.46. The first-order chi connectivity index (χ1) is 16.3. The summed E-state index contributed by atoms with van der Waals surface area (Å²) in [5.74, 6) is -2.11. The number of rotatable bonds is 5.